The van der Waals surface area contributed by atoms with Crippen LogP contribution in [0.4, 0.5) is 11.4 Å². The van der Waals surface area contributed by atoms with Crippen molar-refractivity contribution in [1.29, 1.82) is 0 Å². The first-order chi connectivity index (χ1) is 12.4. The van der Waals surface area contributed by atoms with Crippen molar-refractivity contribution in [3.05, 3.63) is 58.1 Å². The zero-order valence-electron chi connectivity index (χ0n) is 14.2. The molecule has 1 aliphatic rings. The van der Waals surface area contributed by atoms with Gasteiger partial charge in [0.15, 0.2) is 0 Å². The van der Waals surface area contributed by atoms with Crippen molar-refractivity contribution in [2.24, 2.45) is 0 Å². The fourth-order valence-corrected chi connectivity index (χ4v) is 2.70. The van der Waals surface area contributed by atoms with E-state index in [1.165, 1.54) is 0 Å². The number of halogens is 2. The molecule has 0 bridgehead atoms. The van der Waals surface area contributed by atoms with Gasteiger partial charge in [-0.15, -0.1) is 0 Å². The quantitative estimate of drug-likeness (QED) is 0.686. The average molecular weight is 392 g/mol. The van der Waals surface area contributed by atoms with Crippen molar-refractivity contribution in [1.82, 2.24) is 5.32 Å². The predicted molar refractivity (Wildman–Crippen MR) is 105 cm³/mol. The van der Waals surface area contributed by atoms with Crippen molar-refractivity contribution in [2.45, 2.75) is 31.8 Å². The Kier molecular flexibility index (Phi) is 5.69. The van der Waals surface area contributed by atoms with E-state index in [9.17, 15) is 9.59 Å². The Morgan fingerprint density at radius 3 is 2.42 bits per heavy atom. The summed E-state index contributed by atoms with van der Waals surface area (Å²) >= 11 is 12.0. The molecule has 1 saturated carbocycles. The molecule has 2 amide bonds. The first-order valence-electron chi connectivity index (χ1n) is 8.36. The van der Waals surface area contributed by atoms with Crippen LogP contribution in [0.2, 0.25) is 10.0 Å². The average Bonchev–Trinajstić information content (AvgIpc) is 3.42. The number of amides is 2. The Hall–Kier alpha value is -2.24. The molecule has 3 N–H and O–H groups in total. The first kappa shape index (κ1) is 18.5. The second-order valence-corrected chi connectivity index (χ2v) is 7.15. The minimum atomic E-state index is -0.504. The number of nitrogens with one attached hydrogen (secondary N) is 3. The number of rotatable bonds is 6. The molecule has 136 valence electrons. The van der Waals surface area contributed by atoms with Gasteiger partial charge in [-0.1, -0.05) is 23.2 Å². The Morgan fingerprint density at radius 1 is 1.08 bits per heavy atom. The molecule has 1 unspecified atom stereocenters. The molecular formula is C19H19Cl2N3O2. The van der Waals surface area contributed by atoms with Crippen LogP contribution in [0, 0.1) is 0 Å². The number of hydrogen-bond donors (Lipinski definition) is 3. The fraction of sp³-hybridized carbons (Fsp3) is 0.263. The molecule has 0 spiro atoms. The molecular weight excluding hydrogens is 373 g/mol. The van der Waals surface area contributed by atoms with Crippen molar-refractivity contribution in [3.63, 3.8) is 0 Å². The van der Waals surface area contributed by atoms with E-state index < -0.39 is 6.04 Å². The topological polar surface area (TPSA) is 70.2 Å². The van der Waals surface area contributed by atoms with Gasteiger partial charge in [0, 0.05) is 22.3 Å². The van der Waals surface area contributed by atoms with Crippen molar-refractivity contribution in [3.8, 4) is 0 Å². The van der Waals surface area contributed by atoms with Gasteiger partial charge < -0.3 is 16.0 Å². The van der Waals surface area contributed by atoms with Gasteiger partial charge in [-0.2, -0.15) is 0 Å². The van der Waals surface area contributed by atoms with E-state index >= 15 is 0 Å². The molecule has 1 fully saturated rings. The molecule has 7 heteroatoms. The van der Waals surface area contributed by atoms with Crippen molar-refractivity contribution < 1.29 is 9.59 Å². The fourth-order valence-electron chi connectivity index (χ4n) is 2.36. The Morgan fingerprint density at radius 2 is 1.77 bits per heavy atom. The highest BCUT2D eigenvalue weighted by Gasteiger charge is 2.23. The van der Waals surface area contributed by atoms with Gasteiger partial charge in [-0.3, -0.25) is 9.59 Å². The summed E-state index contributed by atoms with van der Waals surface area (Å²) in [4.78, 5) is 24.3. The lowest BCUT2D eigenvalue weighted by molar-refractivity contribution is -0.116. The molecule has 0 aliphatic heterocycles. The monoisotopic (exact) mass is 391 g/mol. The van der Waals surface area contributed by atoms with Crippen LogP contribution in [0.1, 0.15) is 30.1 Å². The number of anilines is 2. The summed E-state index contributed by atoms with van der Waals surface area (Å²) in [5.74, 6) is -0.315. The van der Waals surface area contributed by atoms with Crippen LogP contribution >= 0.6 is 23.2 Å². The normalized spacial score (nSPS) is 14.4. The molecule has 0 radical (unpaired) electrons. The molecule has 2 aromatic carbocycles. The van der Waals surface area contributed by atoms with E-state index in [1.807, 2.05) is 0 Å². The molecule has 26 heavy (non-hydrogen) atoms. The molecule has 0 aromatic heterocycles. The van der Waals surface area contributed by atoms with E-state index in [2.05, 4.69) is 16.0 Å². The Balaban J connectivity index is 1.58. The summed E-state index contributed by atoms with van der Waals surface area (Å²) < 4.78 is 0. The summed E-state index contributed by atoms with van der Waals surface area (Å²) in [5.41, 5.74) is 1.81. The lowest BCUT2D eigenvalue weighted by Crippen LogP contribution is -2.32. The summed E-state index contributed by atoms with van der Waals surface area (Å²) in [6.45, 7) is 1.74. The van der Waals surface area contributed by atoms with E-state index in [-0.39, 0.29) is 11.8 Å². The van der Waals surface area contributed by atoms with Gasteiger partial charge >= 0.3 is 0 Å². The molecule has 0 saturated heterocycles. The summed E-state index contributed by atoms with van der Waals surface area (Å²) in [5, 5.41) is 9.69. The Labute approximate surface area is 162 Å². The highest BCUT2D eigenvalue weighted by molar-refractivity contribution is 6.35. The number of carbonyl (C=O) groups excluding carboxylic acids is 2. The van der Waals surface area contributed by atoms with Gasteiger partial charge in [-0.05, 0) is 62.2 Å². The molecule has 0 heterocycles. The highest BCUT2D eigenvalue weighted by atomic mass is 35.5. The zero-order valence-corrected chi connectivity index (χ0v) is 15.7. The van der Waals surface area contributed by atoms with Crippen LogP contribution in [0.3, 0.4) is 0 Å². The van der Waals surface area contributed by atoms with Crippen molar-refractivity contribution in [2.75, 3.05) is 10.6 Å². The minimum absolute atomic E-state index is 0.0690. The molecule has 1 aliphatic carbocycles. The molecule has 5 nitrogen and oxygen atoms in total. The van der Waals surface area contributed by atoms with Crippen LogP contribution in [0.5, 0.6) is 0 Å². The number of carbonyl (C=O) groups is 2. The van der Waals surface area contributed by atoms with Crippen LogP contribution in [-0.2, 0) is 4.79 Å². The van der Waals surface area contributed by atoms with E-state index in [0.29, 0.717) is 27.3 Å². The summed E-state index contributed by atoms with van der Waals surface area (Å²) in [6, 6.07) is 11.7. The Bertz CT molecular complexity index is 820. The van der Waals surface area contributed by atoms with Gasteiger partial charge in [0.25, 0.3) is 5.91 Å². The third kappa shape index (κ3) is 4.90. The smallest absolute Gasteiger partial charge is 0.251 e. The standard InChI is InChI=1S/C19H19Cl2N3O2/c1-11(18(25)24-17-10-13(20)4-9-16(17)21)22-14-5-2-12(3-6-14)19(26)23-15-7-8-15/h2-6,9-11,15,22H,7-8H2,1H3,(H,23,26)(H,24,25). The third-order valence-corrected chi connectivity index (χ3v) is 4.59. The maximum atomic E-state index is 12.3. The third-order valence-electron chi connectivity index (χ3n) is 4.02. The minimum Gasteiger partial charge on any atom is -0.374 e. The summed E-state index contributed by atoms with van der Waals surface area (Å²) in [6.07, 6.45) is 2.10. The van der Waals surface area contributed by atoms with Gasteiger partial charge in [0.2, 0.25) is 5.91 Å². The molecule has 1 atom stereocenters. The van der Waals surface area contributed by atoms with Gasteiger partial charge in [0.05, 0.1) is 10.7 Å². The van der Waals surface area contributed by atoms with Crippen LogP contribution < -0.4 is 16.0 Å². The second kappa shape index (κ2) is 7.98. The first-order valence-corrected chi connectivity index (χ1v) is 9.11. The molecule has 3 rings (SSSR count). The maximum absolute atomic E-state index is 12.3. The largest absolute Gasteiger partial charge is 0.374 e. The summed E-state index contributed by atoms with van der Waals surface area (Å²) in [7, 11) is 0. The highest BCUT2D eigenvalue weighted by Crippen LogP contribution is 2.25. The lowest BCUT2D eigenvalue weighted by Gasteiger charge is -2.16. The predicted octanol–water partition coefficient (Wildman–Crippen LogP) is 4.32. The van der Waals surface area contributed by atoms with Crippen LogP contribution in [0.15, 0.2) is 42.5 Å². The number of hydrogen-bond acceptors (Lipinski definition) is 3. The second-order valence-electron chi connectivity index (χ2n) is 6.30. The van der Waals surface area contributed by atoms with Crippen LogP contribution in [0.25, 0.3) is 0 Å². The van der Waals surface area contributed by atoms with E-state index in [1.54, 1.807) is 49.4 Å². The van der Waals surface area contributed by atoms with Crippen molar-refractivity contribution >= 4 is 46.4 Å². The zero-order chi connectivity index (χ0) is 18.7. The maximum Gasteiger partial charge on any atom is 0.251 e. The lowest BCUT2D eigenvalue weighted by atomic mass is 10.1. The van der Waals surface area contributed by atoms with Gasteiger partial charge in [0.1, 0.15) is 6.04 Å². The van der Waals surface area contributed by atoms with E-state index in [0.717, 1.165) is 18.5 Å². The molecule has 2 aromatic rings. The SMILES string of the molecule is CC(Nc1ccc(C(=O)NC2CC2)cc1)C(=O)Nc1cc(Cl)ccc1Cl. The number of benzene rings is 2. The van der Waals surface area contributed by atoms with E-state index in [4.69, 9.17) is 23.2 Å². The van der Waals surface area contributed by atoms with Crippen LogP contribution in [-0.4, -0.2) is 23.9 Å². The van der Waals surface area contributed by atoms with Gasteiger partial charge in [-0.25, -0.2) is 0 Å².